The van der Waals surface area contributed by atoms with Gasteiger partial charge in [0, 0.05) is 49.5 Å². The Hall–Kier alpha value is -4.20. The van der Waals surface area contributed by atoms with Crippen molar-refractivity contribution in [1.29, 1.82) is 0 Å². The van der Waals surface area contributed by atoms with Gasteiger partial charge in [-0.1, -0.05) is 18.2 Å². The summed E-state index contributed by atoms with van der Waals surface area (Å²) >= 11 is 0. The molecule has 2 amide bonds. The number of nitrogens with one attached hydrogen (secondary N) is 2. The Morgan fingerprint density at radius 2 is 1.97 bits per heavy atom. The number of carbonyl (C=O) groups is 3. The molecule has 2 aromatic heterocycles. The lowest BCUT2D eigenvalue weighted by atomic mass is 9.88. The molecule has 1 aliphatic heterocycles. The fourth-order valence-electron chi connectivity index (χ4n) is 4.66. The molecule has 1 aliphatic carbocycles. The van der Waals surface area contributed by atoms with Crippen molar-refractivity contribution in [2.24, 2.45) is 0 Å². The Bertz CT molecular complexity index is 1270. The Balaban J connectivity index is 1.43. The van der Waals surface area contributed by atoms with E-state index in [4.69, 9.17) is 4.42 Å². The number of amides is 2. The Labute approximate surface area is 203 Å². The number of ketones is 1. The van der Waals surface area contributed by atoms with Crippen molar-refractivity contribution in [3.05, 3.63) is 89.8 Å². The van der Waals surface area contributed by atoms with Crippen molar-refractivity contribution >= 4 is 29.0 Å². The second kappa shape index (κ2) is 9.97. The molecule has 0 fully saturated rings. The molecule has 1 aromatic carbocycles. The van der Waals surface area contributed by atoms with Crippen LogP contribution in [-0.2, 0) is 20.9 Å². The van der Waals surface area contributed by atoms with E-state index >= 15 is 0 Å². The van der Waals surface area contributed by atoms with Crippen molar-refractivity contribution in [3.63, 3.8) is 0 Å². The molecule has 178 valence electrons. The summed E-state index contributed by atoms with van der Waals surface area (Å²) in [4.78, 5) is 45.0. The van der Waals surface area contributed by atoms with Gasteiger partial charge in [-0.2, -0.15) is 0 Å². The van der Waals surface area contributed by atoms with Crippen LogP contribution in [-0.4, -0.2) is 22.6 Å². The van der Waals surface area contributed by atoms with Gasteiger partial charge in [-0.15, -0.1) is 0 Å². The number of para-hydroxylation sites is 2. The first-order valence-electron chi connectivity index (χ1n) is 11.7. The lowest BCUT2D eigenvalue weighted by molar-refractivity contribution is -0.125. The van der Waals surface area contributed by atoms with Gasteiger partial charge < -0.3 is 15.1 Å². The summed E-state index contributed by atoms with van der Waals surface area (Å²) in [5, 5.41) is 6.25. The lowest BCUT2D eigenvalue weighted by Gasteiger charge is -2.32. The number of aromatic nitrogens is 1. The maximum atomic E-state index is 13.7. The Kier molecular flexibility index (Phi) is 6.43. The number of fused-ring (bicyclic) bond motifs is 1. The number of hydrogen-bond acceptors (Lipinski definition) is 6. The number of pyridine rings is 1. The molecule has 2 aliphatic rings. The fraction of sp³-hybridized carbons (Fsp3) is 0.259. The van der Waals surface area contributed by atoms with Gasteiger partial charge in [-0.05, 0) is 48.7 Å². The van der Waals surface area contributed by atoms with Gasteiger partial charge in [0.05, 0.1) is 17.6 Å². The van der Waals surface area contributed by atoms with Crippen LogP contribution in [0.4, 0.5) is 11.4 Å². The van der Waals surface area contributed by atoms with Gasteiger partial charge in [0.15, 0.2) is 5.78 Å². The minimum absolute atomic E-state index is 0.0000280. The second-order valence-corrected chi connectivity index (χ2v) is 8.63. The van der Waals surface area contributed by atoms with E-state index in [-0.39, 0.29) is 30.4 Å². The van der Waals surface area contributed by atoms with Gasteiger partial charge in [0.25, 0.3) is 0 Å². The molecule has 0 bridgehead atoms. The number of nitrogens with zero attached hydrogens (tertiary/aromatic N) is 2. The molecule has 8 nitrogen and oxygen atoms in total. The predicted octanol–water partition coefficient (Wildman–Crippen LogP) is 4.28. The summed E-state index contributed by atoms with van der Waals surface area (Å²) in [6, 6.07) is 14.0. The van der Waals surface area contributed by atoms with E-state index in [9.17, 15) is 14.4 Å². The molecule has 1 unspecified atom stereocenters. The number of furan rings is 1. The van der Waals surface area contributed by atoms with Crippen LogP contribution in [0.2, 0.25) is 0 Å². The Morgan fingerprint density at radius 1 is 1.09 bits per heavy atom. The van der Waals surface area contributed by atoms with Crippen molar-refractivity contribution in [3.8, 4) is 0 Å². The fourth-order valence-corrected chi connectivity index (χ4v) is 4.66. The third kappa shape index (κ3) is 4.73. The summed E-state index contributed by atoms with van der Waals surface area (Å²) in [7, 11) is 0. The zero-order valence-corrected chi connectivity index (χ0v) is 19.2. The molecular formula is C27H26N4O4. The highest BCUT2D eigenvalue weighted by atomic mass is 16.3. The molecule has 0 spiro atoms. The molecule has 0 saturated heterocycles. The van der Waals surface area contributed by atoms with E-state index in [2.05, 4.69) is 15.6 Å². The maximum Gasteiger partial charge on any atom is 0.228 e. The molecule has 0 saturated carbocycles. The largest absolute Gasteiger partial charge is 0.467 e. The second-order valence-electron chi connectivity index (χ2n) is 8.63. The van der Waals surface area contributed by atoms with Crippen LogP contribution in [0, 0.1) is 0 Å². The minimum Gasteiger partial charge on any atom is -0.467 e. The van der Waals surface area contributed by atoms with Gasteiger partial charge >= 0.3 is 0 Å². The molecule has 2 N–H and O–H groups in total. The molecular weight excluding hydrogens is 444 g/mol. The van der Waals surface area contributed by atoms with Crippen molar-refractivity contribution in [1.82, 2.24) is 10.3 Å². The minimum atomic E-state index is -0.699. The van der Waals surface area contributed by atoms with Crippen LogP contribution in [0.1, 0.15) is 49.5 Å². The third-order valence-corrected chi connectivity index (χ3v) is 6.30. The van der Waals surface area contributed by atoms with Crippen LogP contribution < -0.4 is 15.5 Å². The number of carbonyl (C=O) groups excluding carboxylic acids is 3. The zero-order valence-electron chi connectivity index (χ0n) is 19.2. The number of benzene rings is 1. The lowest BCUT2D eigenvalue weighted by Crippen LogP contribution is -2.38. The van der Waals surface area contributed by atoms with E-state index in [0.29, 0.717) is 36.4 Å². The molecule has 5 rings (SSSR count). The average molecular weight is 471 g/mol. The molecule has 3 aromatic rings. The van der Waals surface area contributed by atoms with Gasteiger partial charge in [0.1, 0.15) is 11.8 Å². The number of anilines is 2. The number of hydrogen-bond donors (Lipinski definition) is 2. The topological polar surface area (TPSA) is 105 Å². The molecule has 35 heavy (non-hydrogen) atoms. The van der Waals surface area contributed by atoms with Crippen LogP contribution in [0.25, 0.3) is 0 Å². The molecule has 8 heteroatoms. The molecule has 0 radical (unpaired) electrons. The van der Waals surface area contributed by atoms with Crippen LogP contribution >= 0.6 is 0 Å². The first-order chi connectivity index (χ1) is 17.1. The van der Waals surface area contributed by atoms with E-state index < -0.39 is 6.04 Å². The van der Waals surface area contributed by atoms with Crippen molar-refractivity contribution in [2.45, 2.75) is 44.7 Å². The van der Waals surface area contributed by atoms with E-state index in [1.165, 1.54) is 0 Å². The van der Waals surface area contributed by atoms with Gasteiger partial charge in [0.2, 0.25) is 11.8 Å². The normalized spacial score (nSPS) is 17.2. The molecule has 3 heterocycles. The van der Waals surface area contributed by atoms with E-state index in [1.54, 1.807) is 41.8 Å². The highest BCUT2D eigenvalue weighted by molar-refractivity contribution is 6.06. The van der Waals surface area contributed by atoms with Crippen molar-refractivity contribution in [2.75, 3.05) is 10.2 Å². The van der Waals surface area contributed by atoms with Crippen LogP contribution in [0.3, 0.4) is 0 Å². The first-order valence-corrected chi connectivity index (χ1v) is 11.7. The number of allylic oxidation sites excluding steroid dienone is 1. The van der Waals surface area contributed by atoms with Crippen molar-refractivity contribution < 1.29 is 18.8 Å². The number of rotatable bonds is 6. The monoisotopic (exact) mass is 470 g/mol. The zero-order chi connectivity index (χ0) is 24.2. The number of Topliss-reactive ketones (excluding diaryl/α,β-unsaturated/α-hetero) is 1. The van der Waals surface area contributed by atoms with E-state index in [1.807, 2.05) is 30.3 Å². The highest BCUT2D eigenvalue weighted by Crippen LogP contribution is 2.45. The quantitative estimate of drug-likeness (QED) is 0.557. The maximum absolute atomic E-state index is 13.7. The average Bonchev–Trinajstić information content (AvgIpc) is 3.36. The summed E-state index contributed by atoms with van der Waals surface area (Å²) in [5.74, 6) is 0.0246. The van der Waals surface area contributed by atoms with Gasteiger partial charge in [-0.25, -0.2) is 0 Å². The summed E-state index contributed by atoms with van der Waals surface area (Å²) in [5.41, 5.74) is 3.65. The summed E-state index contributed by atoms with van der Waals surface area (Å²) < 4.78 is 5.74. The van der Waals surface area contributed by atoms with Crippen LogP contribution in [0.5, 0.6) is 0 Å². The van der Waals surface area contributed by atoms with E-state index in [0.717, 1.165) is 23.4 Å². The summed E-state index contributed by atoms with van der Waals surface area (Å²) in [6.07, 6.45) is 6.80. The Morgan fingerprint density at radius 3 is 2.77 bits per heavy atom. The predicted molar refractivity (Wildman–Crippen MR) is 130 cm³/mol. The smallest absolute Gasteiger partial charge is 0.228 e. The van der Waals surface area contributed by atoms with Gasteiger partial charge in [-0.3, -0.25) is 24.3 Å². The summed E-state index contributed by atoms with van der Waals surface area (Å²) in [6.45, 7) is 0.344. The first kappa shape index (κ1) is 22.6. The SMILES string of the molecule is O=C(CCC(=O)N1c2ccccc2NC2=C(C(=O)CCC2)C1c1ccco1)NCc1cccnc1. The standard InChI is InChI=1S/C27H26N4O4/c32-22-10-3-8-20-26(22)27(23-11-5-15-35-23)31(21-9-2-1-7-19(21)30-20)25(34)13-12-24(33)29-17-18-6-4-14-28-16-18/h1-2,4-7,9,11,14-16,27,30H,3,8,10,12-13,17H2,(H,29,33). The van der Waals surface area contributed by atoms with Crippen LogP contribution in [0.15, 0.2) is 82.9 Å². The third-order valence-electron chi connectivity index (χ3n) is 6.30. The highest BCUT2D eigenvalue weighted by Gasteiger charge is 2.40. The molecule has 1 atom stereocenters.